The molecule has 0 spiro atoms. The molecule has 4 heteroatoms. The second-order valence-corrected chi connectivity index (χ2v) is 5.68. The summed E-state index contributed by atoms with van der Waals surface area (Å²) in [5.41, 5.74) is -1.38. The van der Waals surface area contributed by atoms with E-state index in [1.54, 1.807) is 18.2 Å². The normalized spacial score (nSPS) is 27.4. The van der Waals surface area contributed by atoms with Gasteiger partial charge < -0.3 is 5.11 Å². The number of rotatable bonds is 4. The van der Waals surface area contributed by atoms with E-state index in [0.29, 0.717) is 19.3 Å². The van der Waals surface area contributed by atoms with Gasteiger partial charge in [0, 0.05) is 12.0 Å². The Labute approximate surface area is 111 Å². The van der Waals surface area contributed by atoms with E-state index in [-0.39, 0.29) is 11.5 Å². The lowest BCUT2D eigenvalue weighted by Gasteiger charge is -2.29. The Morgan fingerprint density at radius 1 is 1.42 bits per heavy atom. The molecular weight excluding hydrogens is 250 g/mol. The number of hydrogen-bond donors (Lipinski definition) is 1. The SMILES string of the molecule is CC1CCC(CC(F)(F)c2ccccc2)(C(=O)O)C1. The molecule has 1 N–H and O–H groups in total. The Morgan fingerprint density at radius 2 is 2.05 bits per heavy atom. The second-order valence-electron chi connectivity index (χ2n) is 5.68. The van der Waals surface area contributed by atoms with Crippen LogP contribution in [0.25, 0.3) is 0 Å². The highest BCUT2D eigenvalue weighted by molar-refractivity contribution is 5.75. The predicted molar refractivity (Wildman–Crippen MR) is 68.0 cm³/mol. The third kappa shape index (κ3) is 2.77. The molecule has 1 aromatic rings. The molecule has 0 aromatic heterocycles. The van der Waals surface area contributed by atoms with Crippen molar-refractivity contribution in [2.75, 3.05) is 0 Å². The third-order valence-electron chi connectivity index (χ3n) is 4.07. The second kappa shape index (κ2) is 4.91. The molecule has 0 saturated heterocycles. The van der Waals surface area contributed by atoms with Gasteiger partial charge >= 0.3 is 5.97 Å². The molecule has 0 radical (unpaired) electrons. The first kappa shape index (κ1) is 14.0. The molecular formula is C15H18F2O2. The summed E-state index contributed by atoms with van der Waals surface area (Å²) in [5, 5.41) is 9.36. The zero-order valence-corrected chi connectivity index (χ0v) is 10.9. The molecule has 2 unspecified atom stereocenters. The van der Waals surface area contributed by atoms with Gasteiger partial charge in [-0.3, -0.25) is 4.79 Å². The van der Waals surface area contributed by atoms with Crippen molar-refractivity contribution in [1.29, 1.82) is 0 Å². The van der Waals surface area contributed by atoms with Gasteiger partial charge in [0.2, 0.25) is 0 Å². The van der Waals surface area contributed by atoms with Crippen LogP contribution in [0.4, 0.5) is 8.78 Å². The van der Waals surface area contributed by atoms with Crippen LogP contribution >= 0.6 is 0 Å². The molecule has 1 aromatic carbocycles. The van der Waals surface area contributed by atoms with E-state index in [1.807, 2.05) is 6.92 Å². The van der Waals surface area contributed by atoms with E-state index < -0.39 is 23.7 Å². The zero-order valence-electron chi connectivity index (χ0n) is 10.9. The maximum Gasteiger partial charge on any atom is 0.309 e. The van der Waals surface area contributed by atoms with Crippen LogP contribution in [0.15, 0.2) is 30.3 Å². The average molecular weight is 268 g/mol. The number of carboxylic acids is 1. The lowest BCUT2D eigenvalue weighted by molar-refractivity contribution is -0.156. The highest BCUT2D eigenvalue weighted by Crippen LogP contribution is 2.50. The fraction of sp³-hybridized carbons (Fsp3) is 0.533. The number of carbonyl (C=O) groups is 1. The van der Waals surface area contributed by atoms with Gasteiger partial charge in [0.1, 0.15) is 0 Å². The average Bonchev–Trinajstić information content (AvgIpc) is 2.72. The molecule has 0 aliphatic heterocycles. The van der Waals surface area contributed by atoms with Crippen molar-refractivity contribution in [2.24, 2.45) is 11.3 Å². The topological polar surface area (TPSA) is 37.3 Å². The van der Waals surface area contributed by atoms with E-state index in [4.69, 9.17) is 0 Å². The van der Waals surface area contributed by atoms with E-state index in [2.05, 4.69) is 0 Å². The number of hydrogen-bond acceptors (Lipinski definition) is 1. The first-order valence-electron chi connectivity index (χ1n) is 6.52. The number of carboxylic acid groups (broad SMARTS) is 1. The van der Waals surface area contributed by atoms with Crippen molar-refractivity contribution >= 4 is 5.97 Å². The standard InChI is InChI=1S/C15H18F2O2/c1-11-7-8-14(9-11,13(18)19)10-15(16,17)12-5-3-2-4-6-12/h2-6,11H,7-10H2,1H3,(H,18,19). The minimum absolute atomic E-state index is 0.102. The Balaban J connectivity index is 2.25. The van der Waals surface area contributed by atoms with E-state index >= 15 is 0 Å². The number of alkyl halides is 2. The van der Waals surface area contributed by atoms with E-state index in [9.17, 15) is 18.7 Å². The van der Waals surface area contributed by atoms with Crippen LogP contribution in [0.5, 0.6) is 0 Å². The van der Waals surface area contributed by atoms with Crippen molar-refractivity contribution < 1.29 is 18.7 Å². The molecule has 2 rings (SSSR count). The Hall–Kier alpha value is -1.45. The fourth-order valence-electron chi connectivity index (χ4n) is 3.03. The summed E-state index contributed by atoms with van der Waals surface area (Å²) in [5.74, 6) is -3.99. The van der Waals surface area contributed by atoms with Gasteiger partial charge in [-0.15, -0.1) is 0 Å². The largest absolute Gasteiger partial charge is 0.481 e. The molecule has 2 atom stereocenters. The Kier molecular flexibility index (Phi) is 3.61. The minimum atomic E-state index is -3.09. The smallest absolute Gasteiger partial charge is 0.309 e. The first-order chi connectivity index (χ1) is 8.86. The predicted octanol–water partition coefficient (Wildman–Crippen LogP) is 4.06. The lowest BCUT2D eigenvalue weighted by Crippen LogP contribution is -2.34. The zero-order chi connectivity index (χ0) is 14.1. The van der Waals surface area contributed by atoms with Crippen molar-refractivity contribution in [3.05, 3.63) is 35.9 Å². The Bertz CT molecular complexity index is 458. The summed E-state index contributed by atoms with van der Waals surface area (Å²) in [4.78, 5) is 11.4. The molecule has 19 heavy (non-hydrogen) atoms. The van der Waals surface area contributed by atoms with Gasteiger partial charge in [-0.05, 0) is 25.2 Å². The van der Waals surface area contributed by atoms with Crippen molar-refractivity contribution in [3.8, 4) is 0 Å². The number of aliphatic carboxylic acids is 1. The van der Waals surface area contributed by atoms with Gasteiger partial charge in [0.05, 0.1) is 5.41 Å². The van der Waals surface area contributed by atoms with Gasteiger partial charge in [-0.1, -0.05) is 37.3 Å². The highest BCUT2D eigenvalue weighted by Gasteiger charge is 2.51. The maximum absolute atomic E-state index is 14.3. The van der Waals surface area contributed by atoms with Crippen molar-refractivity contribution in [1.82, 2.24) is 0 Å². The van der Waals surface area contributed by atoms with Crippen LogP contribution in [0.3, 0.4) is 0 Å². The maximum atomic E-state index is 14.3. The molecule has 1 aliphatic carbocycles. The van der Waals surface area contributed by atoms with Crippen LogP contribution in [0, 0.1) is 11.3 Å². The van der Waals surface area contributed by atoms with Gasteiger partial charge in [0.25, 0.3) is 5.92 Å². The summed E-state index contributed by atoms with van der Waals surface area (Å²) >= 11 is 0. The molecule has 2 nitrogen and oxygen atoms in total. The molecule has 104 valence electrons. The first-order valence-corrected chi connectivity index (χ1v) is 6.52. The quantitative estimate of drug-likeness (QED) is 0.894. The minimum Gasteiger partial charge on any atom is -0.481 e. The molecule has 1 aliphatic rings. The van der Waals surface area contributed by atoms with Gasteiger partial charge in [-0.25, -0.2) is 8.78 Å². The molecule has 1 fully saturated rings. The monoisotopic (exact) mass is 268 g/mol. The van der Waals surface area contributed by atoms with Crippen LogP contribution in [0.1, 0.15) is 38.2 Å². The number of benzene rings is 1. The van der Waals surface area contributed by atoms with Gasteiger partial charge in [0.15, 0.2) is 0 Å². The molecule has 1 saturated carbocycles. The van der Waals surface area contributed by atoms with Crippen LogP contribution in [0.2, 0.25) is 0 Å². The molecule has 0 bridgehead atoms. The number of halogens is 2. The summed E-state index contributed by atoms with van der Waals surface area (Å²) in [6.45, 7) is 1.92. The van der Waals surface area contributed by atoms with Crippen LogP contribution in [-0.4, -0.2) is 11.1 Å². The molecule has 0 amide bonds. The third-order valence-corrected chi connectivity index (χ3v) is 4.07. The van der Waals surface area contributed by atoms with Crippen molar-refractivity contribution in [2.45, 2.75) is 38.5 Å². The van der Waals surface area contributed by atoms with Crippen LogP contribution < -0.4 is 0 Å². The Morgan fingerprint density at radius 3 is 2.53 bits per heavy atom. The fourth-order valence-corrected chi connectivity index (χ4v) is 3.03. The highest BCUT2D eigenvalue weighted by atomic mass is 19.3. The summed E-state index contributed by atoms with van der Waals surface area (Å²) in [6.07, 6.45) is 0.775. The molecule has 0 heterocycles. The lowest BCUT2D eigenvalue weighted by atomic mass is 9.78. The van der Waals surface area contributed by atoms with Crippen LogP contribution in [-0.2, 0) is 10.7 Å². The summed E-state index contributed by atoms with van der Waals surface area (Å²) in [7, 11) is 0. The summed E-state index contributed by atoms with van der Waals surface area (Å²) < 4.78 is 28.6. The van der Waals surface area contributed by atoms with Gasteiger partial charge in [-0.2, -0.15) is 0 Å². The summed E-state index contributed by atoms with van der Waals surface area (Å²) in [6, 6.07) is 7.48. The van der Waals surface area contributed by atoms with E-state index in [1.165, 1.54) is 12.1 Å². The van der Waals surface area contributed by atoms with E-state index in [0.717, 1.165) is 0 Å². The van der Waals surface area contributed by atoms with Crippen molar-refractivity contribution in [3.63, 3.8) is 0 Å².